The lowest BCUT2D eigenvalue weighted by Gasteiger charge is -2.10. The first-order valence-corrected chi connectivity index (χ1v) is 3.70. The number of rotatable bonds is 3. The fraction of sp³-hybridized carbons (Fsp3) is 1.00. The van der Waals surface area contributed by atoms with Gasteiger partial charge in [0.1, 0.15) is 6.61 Å². The van der Waals surface area contributed by atoms with Crippen molar-refractivity contribution in [3.63, 3.8) is 0 Å². The Morgan fingerprint density at radius 1 is 1.25 bits per heavy atom. The molecule has 1 unspecified atom stereocenters. The Bertz CT molecular complexity index is 171. The molecule has 0 aromatic carbocycles. The lowest BCUT2D eigenvalue weighted by atomic mass is 10.4. The molecule has 0 fully saturated rings. The predicted molar refractivity (Wildman–Crippen MR) is 30.8 cm³/mol. The van der Waals surface area contributed by atoms with Gasteiger partial charge >= 0.3 is 5.51 Å². The summed E-state index contributed by atoms with van der Waals surface area (Å²) in [6, 6.07) is 0. The zero-order valence-corrected chi connectivity index (χ0v) is 6.64. The minimum atomic E-state index is -5.11. The minimum absolute atomic E-state index is 0.362. The lowest BCUT2D eigenvalue weighted by Crippen LogP contribution is -2.25. The van der Waals surface area contributed by atoms with Crippen molar-refractivity contribution >= 4 is 11.1 Å². The molecule has 0 saturated heterocycles. The van der Waals surface area contributed by atoms with Crippen molar-refractivity contribution < 1.29 is 30.3 Å². The molecule has 0 radical (unpaired) electrons. The molecule has 0 aromatic rings. The smallest absolute Gasteiger partial charge is 0.277 e. The van der Waals surface area contributed by atoms with E-state index in [0.29, 0.717) is 6.92 Å². The molecular formula is C4H5F5O2S. The fourth-order valence-corrected chi connectivity index (χ4v) is 0.671. The van der Waals surface area contributed by atoms with E-state index in [2.05, 4.69) is 4.18 Å². The molecule has 12 heavy (non-hydrogen) atoms. The van der Waals surface area contributed by atoms with Crippen LogP contribution in [0.15, 0.2) is 0 Å². The Morgan fingerprint density at radius 3 is 1.92 bits per heavy atom. The average molecular weight is 212 g/mol. The fourth-order valence-electron chi connectivity index (χ4n) is 0.224. The van der Waals surface area contributed by atoms with Crippen LogP contribution in [-0.4, -0.2) is 22.2 Å². The van der Waals surface area contributed by atoms with E-state index in [-0.39, 0.29) is 0 Å². The number of halogens is 5. The van der Waals surface area contributed by atoms with Crippen molar-refractivity contribution in [1.82, 2.24) is 0 Å². The molecule has 0 aliphatic rings. The highest BCUT2D eigenvalue weighted by atomic mass is 32.2. The Labute approximate surface area is 67.4 Å². The molecule has 0 rings (SSSR count). The third-order valence-corrected chi connectivity index (χ3v) is 1.32. The zero-order valence-electron chi connectivity index (χ0n) is 5.82. The van der Waals surface area contributed by atoms with Gasteiger partial charge in [0.15, 0.2) is 0 Å². The van der Waals surface area contributed by atoms with Crippen molar-refractivity contribution in [2.24, 2.45) is 0 Å². The first-order valence-electron chi connectivity index (χ1n) is 2.62. The largest absolute Gasteiger partial charge is 0.497 e. The van der Waals surface area contributed by atoms with Gasteiger partial charge in [-0.25, -0.2) is 13.0 Å². The van der Waals surface area contributed by atoms with E-state index in [0.717, 1.165) is 0 Å². The van der Waals surface area contributed by atoms with Crippen molar-refractivity contribution in [3.8, 4) is 0 Å². The van der Waals surface area contributed by atoms with Gasteiger partial charge in [0.25, 0.3) is 17.0 Å². The van der Waals surface area contributed by atoms with Crippen molar-refractivity contribution in [3.05, 3.63) is 0 Å². The van der Waals surface area contributed by atoms with Gasteiger partial charge in [0, 0.05) is 6.92 Å². The maximum absolute atomic E-state index is 11.8. The van der Waals surface area contributed by atoms with Gasteiger partial charge in [-0.15, -0.1) is 0 Å². The van der Waals surface area contributed by atoms with E-state index in [1.807, 2.05) is 0 Å². The van der Waals surface area contributed by atoms with Crippen LogP contribution in [0.2, 0.25) is 0 Å². The summed E-state index contributed by atoms with van der Waals surface area (Å²) in [5.41, 5.74) is -5.11. The van der Waals surface area contributed by atoms with Crippen LogP contribution in [-0.2, 0) is 15.3 Å². The third-order valence-electron chi connectivity index (χ3n) is 0.608. The van der Waals surface area contributed by atoms with Gasteiger partial charge in [0.05, 0.1) is 0 Å². The van der Waals surface area contributed by atoms with Gasteiger partial charge in [-0.1, -0.05) is 0 Å². The SMILES string of the molecule is CC(F)(F)COS(=O)C(F)(F)F. The molecule has 0 heterocycles. The quantitative estimate of drug-likeness (QED) is 0.667. The third kappa shape index (κ3) is 5.42. The second-order valence-corrected chi connectivity index (χ2v) is 3.18. The maximum atomic E-state index is 11.8. The molecule has 0 spiro atoms. The summed E-state index contributed by atoms with van der Waals surface area (Å²) in [6.45, 7) is -1.15. The summed E-state index contributed by atoms with van der Waals surface area (Å²) < 4.78 is 71.1. The van der Waals surface area contributed by atoms with Crippen LogP contribution in [0.3, 0.4) is 0 Å². The van der Waals surface area contributed by atoms with E-state index in [1.54, 1.807) is 0 Å². The highest BCUT2D eigenvalue weighted by Crippen LogP contribution is 2.22. The van der Waals surface area contributed by atoms with Gasteiger partial charge in [-0.05, 0) is 0 Å². The van der Waals surface area contributed by atoms with Crippen LogP contribution in [0.1, 0.15) is 6.92 Å². The molecule has 0 amide bonds. The molecule has 0 saturated carbocycles. The summed E-state index contributed by atoms with van der Waals surface area (Å²) in [5.74, 6) is -3.42. The van der Waals surface area contributed by atoms with Gasteiger partial charge in [-0.3, -0.25) is 4.18 Å². The van der Waals surface area contributed by atoms with Gasteiger partial charge in [0.2, 0.25) is 0 Å². The highest BCUT2D eigenvalue weighted by Gasteiger charge is 2.40. The van der Waals surface area contributed by atoms with Crippen molar-refractivity contribution in [1.29, 1.82) is 0 Å². The monoisotopic (exact) mass is 212 g/mol. The standard InChI is InChI=1S/C4H5F5O2S/c1-3(5,6)2-11-12(10)4(7,8)9/h2H2,1H3. The lowest BCUT2D eigenvalue weighted by molar-refractivity contribution is -0.0594. The summed E-state index contributed by atoms with van der Waals surface area (Å²) in [7, 11) is 0. The van der Waals surface area contributed by atoms with E-state index in [4.69, 9.17) is 0 Å². The number of hydrogen-bond acceptors (Lipinski definition) is 2. The van der Waals surface area contributed by atoms with Gasteiger partial charge in [-0.2, -0.15) is 13.2 Å². The van der Waals surface area contributed by atoms with E-state index in [1.165, 1.54) is 0 Å². The number of alkyl halides is 5. The van der Waals surface area contributed by atoms with Crippen molar-refractivity contribution in [2.75, 3.05) is 6.61 Å². The zero-order chi connectivity index (χ0) is 9.99. The molecule has 0 aliphatic carbocycles. The second-order valence-electron chi connectivity index (χ2n) is 2.01. The summed E-state index contributed by atoms with van der Waals surface area (Å²) in [6.07, 6.45) is 0. The molecule has 0 aliphatic heterocycles. The summed E-state index contributed by atoms with van der Waals surface area (Å²) in [4.78, 5) is 0. The molecule has 1 atom stereocenters. The Kier molecular flexibility index (Phi) is 3.58. The number of hydrogen-bond donors (Lipinski definition) is 0. The molecule has 74 valence electrons. The van der Waals surface area contributed by atoms with Crippen LogP contribution in [0.25, 0.3) is 0 Å². The maximum Gasteiger partial charge on any atom is 0.497 e. The minimum Gasteiger partial charge on any atom is -0.277 e. The summed E-state index contributed by atoms with van der Waals surface area (Å²) >= 11 is -3.66. The Hall–Kier alpha value is -0.240. The molecule has 8 heteroatoms. The van der Waals surface area contributed by atoms with Crippen LogP contribution >= 0.6 is 0 Å². The normalized spacial score (nSPS) is 16.2. The van der Waals surface area contributed by atoms with E-state index >= 15 is 0 Å². The molecule has 0 N–H and O–H groups in total. The van der Waals surface area contributed by atoms with Gasteiger partial charge < -0.3 is 0 Å². The highest BCUT2D eigenvalue weighted by molar-refractivity contribution is 7.81. The van der Waals surface area contributed by atoms with Crippen LogP contribution in [0.4, 0.5) is 22.0 Å². The van der Waals surface area contributed by atoms with E-state index in [9.17, 15) is 26.2 Å². The molecule has 2 nitrogen and oxygen atoms in total. The Morgan fingerprint density at radius 2 is 1.67 bits per heavy atom. The molecule has 0 aromatic heterocycles. The second kappa shape index (κ2) is 3.65. The van der Waals surface area contributed by atoms with Crippen molar-refractivity contribution in [2.45, 2.75) is 18.4 Å². The molecular weight excluding hydrogens is 207 g/mol. The topological polar surface area (TPSA) is 26.3 Å². The van der Waals surface area contributed by atoms with Crippen LogP contribution in [0.5, 0.6) is 0 Å². The van der Waals surface area contributed by atoms with Crippen LogP contribution in [0, 0.1) is 0 Å². The Balaban J connectivity index is 3.90. The predicted octanol–water partition coefficient (Wildman–Crippen LogP) is 1.84. The van der Waals surface area contributed by atoms with Crippen LogP contribution < -0.4 is 0 Å². The average Bonchev–Trinajstić information content (AvgIpc) is 1.78. The first-order chi connectivity index (χ1) is 5.13. The first kappa shape index (κ1) is 11.8. The van der Waals surface area contributed by atoms with E-state index < -0.39 is 29.1 Å². The summed E-state index contributed by atoms with van der Waals surface area (Å²) in [5, 5.41) is 0. The molecule has 0 bridgehead atoms.